The van der Waals surface area contributed by atoms with E-state index in [4.69, 9.17) is 0 Å². The average molecular weight is 344 g/mol. The van der Waals surface area contributed by atoms with Crippen LogP contribution in [0.15, 0.2) is 26.1 Å². The summed E-state index contributed by atoms with van der Waals surface area (Å²) in [7, 11) is -1.41. The molecule has 0 fully saturated rings. The molecule has 0 aliphatic heterocycles. The first kappa shape index (κ1) is 16.6. The van der Waals surface area contributed by atoms with E-state index in [9.17, 15) is 18.0 Å². The van der Waals surface area contributed by atoms with Crippen molar-refractivity contribution in [1.82, 2.24) is 18.8 Å². The van der Waals surface area contributed by atoms with Crippen LogP contribution in [0.1, 0.15) is 17.6 Å². The van der Waals surface area contributed by atoms with Crippen molar-refractivity contribution in [3.63, 3.8) is 0 Å². The summed E-state index contributed by atoms with van der Waals surface area (Å²) in [5.41, 5.74) is -0.558. The van der Waals surface area contributed by atoms with Gasteiger partial charge in [-0.1, -0.05) is 6.92 Å². The van der Waals surface area contributed by atoms with Gasteiger partial charge in [0.15, 0.2) is 4.90 Å². The molecule has 120 valence electrons. The zero-order valence-electron chi connectivity index (χ0n) is 12.4. The van der Waals surface area contributed by atoms with E-state index in [0.717, 1.165) is 27.4 Å². The molecule has 1 N–H and O–H groups in total. The lowest BCUT2D eigenvalue weighted by molar-refractivity contribution is 0.570. The lowest BCUT2D eigenvalue weighted by atomic mass is 10.4. The van der Waals surface area contributed by atoms with Crippen LogP contribution in [0.4, 0.5) is 0 Å². The Bertz CT molecular complexity index is 908. The SMILES string of the molecule is CCc1csc(CNS(=O)(=O)c2cn(C)c(=O)n(C)c2=O)n1. The van der Waals surface area contributed by atoms with Gasteiger partial charge < -0.3 is 4.57 Å². The van der Waals surface area contributed by atoms with Crippen LogP contribution in [0.2, 0.25) is 0 Å². The number of thiazole rings is 1. The van der Waals surface area contributed by atoms with Crippen molar-refractivity contribution in [2.24, 2.45) is 14.1 Å². The van der Waals surface area contributed by atoms with E-state index in [2.05, 4.69) is 9.71 Å². The highest BCUT2D eigenvalue weighted by Gasteiger charge is 2.21. The van der Waals surface area contributed by atoms with Crippen molar-refractivity contribution >= 4 is 21.4 Å². The Morgan fingerprint density at radius 3 is 2.59 bits per heavy atom. The number of nitrogens with one attached hydrogen (secondary N) is 1. The first-order chi connectivity index (χ1) is 10.3. The molecule has 0 radical (unpaired) electrons. The Balaban J connectivity index is 2.31. The smallest absolute Gasteiger partial charge is 0.302 e. The highest BCUT2D eigenvalue weighted by atomic mass is 32.2. The molecule has 2 aromatic rings. The minimum absolute atomic E-state index is 0.000997. The molecular weight excluding hydrogens is 328 g/mol. The predicted molar refractivity (Wildman–Crippen MR) is 82.4 cm³/mol. The summed E-state index contributed by atoms with van der Waals surface area (Å²) in [5.74, 6) is 0. The lowest BCUT2D eigenvalue weighted by Crippen LogP contribution is -2.41. The maximum absolute atomic E-state index is 12.3. The maximum Gasteiger partial charge on any atom is 0.330 e. The second kappa shape index (κ2) is 6.15. The van der Waals surface area contributed by atoms with E-state index in [1.54, 1.807) is 0 Å². The first-order valence-corrected chi connectivity index (χ1v) is 8.82. The molecule has 0 saturated carbocycles. The van der Waals surface area contributed by atoms with Crippen LogP contribution in [0.3, 0.4) is 0 Å². The molecule has 0 aliphatic rings. The molecule has 2 rings (SSSR count). The Morgan fingerprint density at radius 2 is 2.00 bits per heavy atom. The van der Waals surface area contributed by atoms with Gasteiger partial charge in [-0.3, -0.25) is 9.36 Å². The van der Waals surface area contributed by atoms with Crippen molar-refractivity contribution in [1.29, 1.82) is 0 Å². The van der Waals surface area contributed by atoms with E-state index in [1.807, 2.05) is 12.3 Å². The Morgan fingerprint density at radius 1 is 1.32 bits per heavy atom. The number of hydrogen-bond acceptors (Lipinski definition) is 6. The zero-order chi connectivity index (χ0) is 16.5. The van der Waals surface area contributed by atoms with Gasteiger partial charge in [0.1, 0.15) is 5.01 Å². The summed E-state index contributed by atoms with van der Waals surface area (Å²) in [6, 6.07) is 0. The molecular formula is C12H16N4O4S2. The summed E-state index contributed by atoms with van der Waals surface area (Å²) in [4.78, 5) is 27.3. The molecule has 2 aromatic heterocycles. The van der Waals surface area contributed by atoms with Crippen molar-refractivity contribution in [2.75, 3.05) is 0 Å². The van der Waals surface area contributed by atoms with Gasteiger partial charge in [0.05, 0.1) is 12.2 Å². The Hall–Kier alpha value is -1.78. The molecule has 0 amide bonds. The topological polar surface area (TPSA) is 103 Å². The van der Waals surface area contributed by atoms with E-state index in [0.29, 0.717) is 5.01 Å². The molecule has 10 heteroatoms. The van der Waals surface area contributed by atoms with E-state index < -0.39 is 26.2 Å². The molecule has 0 atom stereocenters. The zero-order valence-corrected chi connectivity index (χ0v) is 14.0. The van der Waals surface area contributed by atoms with E-state index >= 15 is 0 Å². The van der Waals surface area contributed by atoms with Gasteiger partial charge in [-0.15, -0.1) is 11.3 Å². The number of aromatic nitrogens is 3. The second-order valence-electron chi connectivity index (χ2n) is 4.66. The van der Waals surface area contributed by atoms with Crippen LogP contribution in [0.25, 0.3) is 0 Å². The monoisotopic (exact) mass is 344 g/mol. The fourth-order valence-electron chi connectivity index (χ4n) is 1.79. The van der Waals surface area contributed by atoms with Crippen LogP contribution >= 0.6 is 11.3 Å². The van der Waals surface area contributed by atoms with Gasteiger partial charge in [-0.2, -0.15) is 0 Å². The number of sulfonamides is 1. The minimum Gasteiger partial charge on any atom is -0.302 e. The summed E-state index contributed by atoms with van der Waals surface area (Å²) in [6.45, 7) is 1.95. The quantitative estimate of drug-likeness (QED) is 0.794. The van der Waals surface area contributed by atoms with Gasteiger partial charge in [-0.05, 0) is 6.42 Å². The standard InChI is InChI=1S/C12H16N4O4S2/c1-4-8-7-21-10(14-8)5-13-22(19,20)9-6-15(2)12(18)16(3)11(9)17/h6-7,13H,4-5H2,1-3H3. The van der Waals surface area contributed by atoms with Gasteiger partial charge in [0, 0.05) is 25.7 Å². The third kappa shape index (κ3) is 3.18. The Kier molecular flexibility index (Phi) is 4.63. The molecule has 0 aliphatic carbocycles. The molecule has 0 bridgehead atoms. The summed E-state index contributed by atoms with van der Waals surface area (Å²) >= 11 is 1.35. The van der Waals surface area contributed by atoms with Crippen molar-refractivity contribution < 1.29 is 8.42 Å². The van der Waals surface area contributed by atoms with E-state index in [1.165, 1.54) is 25.4 Å². The van der Waals surface area contributed by atoms with Crippen LogP contribution in [0.5, 0.6) is 0 Å². The van der Waals surface area contributed by atoms with Crippen molar-refractivity contribution in [2.45, 2.75) is 24.8 Å². The molecule has 0 unspecified atom stereocenters. The van der Waals surface area contributed by atoms with Crippen LogP contribution < -0.4 is 16.0 Å². The third-order valence-electron chi connectivity index (χ3n) is 3.08. The molecule has 2 heterocycles. The first-order valence-electron chi connectivity index (χ1n) is 6.46. The second-order valence-corrected chi connectivity index (χ2v) is 7.34. The molecule has 22 heavy (non-hydrogen) atoms. The summed E-state index contributed by atoms with van der Waals surface area (Å²) in [5, 5.41) is 2.47. The minimum atomic E-state index is -4.02. The highest BCUT2D eigenvalue weighted by molar-refractivity contribution is 7.89. The van der Waals surface area contributed by atoms with Gasteiger partial charge in [-0.25, -0.2) is 22.9 Å². The van der Waals surface area contributed by atoms with Crippen LogP contribution in [-0.2, 0) is 37.1 Å². The van der Waals surface area contributed by atoms with Gasteiger partial charge in [0.2, 0.25) is 10.0 Å². The Labute approximate surface area is 131 Å². The largest absolute Gasteiger partial charge is 0.330 e. The molecule has 0 saturated heterocycles. The maximum atomic E-state index is 12.3. The summed E-state index contributed by atoms with van der Waals surface area (Å²) < 4.78 is 28.7. The van der Waals surface area contributed by atoms with Crippen LogP contribution in [0, 0.1) is 0 Å². The van der Waals surface area contributed by atoms with Gasteiger partial charge in [0.25, 0.3) is 5.56 Å². The number of aryl methyl sites for hydroxylation is 2. The highest BCUT2D eigenvalue weighted by Crippen LogP contribution is 2.11. The number of nitrogens with zero attached hydrogens (tertiary/aromatic N) is 3. The average Bonchev–Trinajstić information content (AvgIpc) is 2.95. The lowest BCUT2D eigenvalue weighted by Gasteiger charge is -2.08. The van der Waals surface area contributed by atoms with Crippen molar-refractivity contribution in [3.05, 3.63) is 43.1 Å². The molecule has 0 aromatic carbocycles. The third-order valence-corrected chi connectivity index (χ3v) is 5.36. The fraction of sp³-hybridized carbons (Fsp3) is 0.417. The van der Waals surface area contributed by atoms with Crippen molar-refractivity contribution in [3.8, 4) is 0 Å². The molecule has 0 spiro atoms. The normalized spacial score (nSPS) is 11.8. The van der Waals surface area contributed by atoms with Gasteiger partial charge >= 0.3 is 5.69 Å². The van der Waals surface area contributed by atoms with Crippen LogP contribution in [-0.4, -0.2) is 22.5 Å². The fourth-order valence-corrected chi connectivity index (χ4v) is 3.84. The van der Waals surface area contributed by atoms with E-state index in [-0.39, 0.29) is 6.54 Å². The predicted octanol–water partition coefficient (Wildman–Crippen LogP) is -0.419. The molecule has 8 nitrogen and oxygen atoms in total. The number of rotatable bonds is 5. The number of hydrogen-bond donors (Lipinski definition) is 1. The summed E-state index contributed by atoms with van der Waals surface area (Å²) in [6.07, 6.45) is 1.79.